The van der Waals surface area contributed by atoms with Crippen molar-refractivity contribution in [3.63, 3.8) is 0 Å². The van der Waals surface area contributed by atoms with Crippen LogP contribution in [0.15, 0.2) is 60.8 Å². The average molecular weight is 363 g/mol. The smallest absolute Gasteiger partial charge is 0.303 e. The van der Waals surface area contributed by atoms with E-state index in [0.717, 1.165) is 6.42 Å². The third-order valence-corrected chi connectivity index (χ3v) is 3.58. The zero-order valence-electron chi connectivity index (χ0n) is 15.8. The molecule has 0 fully saturated rings. The summed E-state index contributed by atoms with van der Waals surface area (Å²) < 4.78 is 0. The molecule has 0 amide bonds. The lowest BCUT2D eigenvalue weighted by Gasteiger charge is -2.00. The second-order valence-corrected chi connectivity index (χ2v) is 6.13. The minimum absolute atomic E-state index is 0.114. The largest absolute Gasteiger partial charge is 0.481 e. The van der Waals surface area contributed by atoms with Crippen molar-refractivity contribution in [2.24, 2.45) is 0 Å². The summed E-state index contributed by atoms with van der Waals surface area (Å²) in [7, 11) is 0. The standard InChI is InChI=1S/C22H34O4/c1-2-3-4-5-6-10-15-20(23)17-12-9-13-18-21(24)16-11-7-8-14-19-22(25)26/h6-13,16-17,20-21,23-24H,2-5,14-15,18-19H2,1H3,(H,25,26)/b8-7-,10-6-,13-9-,16-11+,17-12+. The van der Waals surface area contributed by atoms with Crippen molar-refractivity contribution in [2.75, 3.05) is 0 Å². The van der Waals surface area contributed by atoms with Crippen LogP contribution in [0.5, 0.6) is 0 Å². The van der Waals surface area contributed by atoms with Gasteiger partial charge in [0.15, 0.2) is 0 Å². The lowest BCUT2D eigenvalue weighted by molar-refractivity contribution is -0.136. The highest BCUT2D eigenvalue weighted by molar-refractivity contribution is 5.66. The van der Waals surface area contributed by atoms with Gasteiger partial charge in [0, 0.05) is 6.42 Å². The summed E-state index contributed by atoms with van der Waals surface area (Å²) in [5.41, 5.74) is 0. The van der Waals surface area contributed by atoms with Crippen LogP contribution in [0.25, 0.3) is 0 Å². The molecule has 0 aliphatic rings. The highest BCUT2D eigenvalue weighted by Crippen LogP contribution is 2.02. The molecule has 0 rings (SSSR count). The molecule has 0 aliphatic heterocycles. The minimum atomic E-state index is -0.815. The van der Waals surface area contributed by atoms with Gasteiger partial charge in [-0.3, -0.25) is 4.79 Å². The molecule has 0 aromatic heterocycles. The molecule has 4 nitrogen and oxygen atoms in total. The van der Waals surface area contributed by atoms with Gasteiger partial charge in [0.05, 0.1) is 12.2 Å². The van der Waals surface area contributed by atoms with Crippen LogP contribution < -0.4 is 0 Å². The van der Waals surface area contributed by atoms with E-state index < -0.39 is 18.2 Å². The van der Waals surface area contributed by atoms with E-state index in [1.807, 2.05) is 18.2 Å². The molecule has 3 N–H and O–H groups in total. The van der Waals surface area contributed by atoms with Gasteiger partial charge in [-0.05, 0) is 32.1 Å². The first-order valence-electron chi connectivity index (χ1n) is 9.45. The van der Waals surface area contributed by atoms with E-state index in [2.05, 4.69) is 13.0 Å². The SMILES string of the molecule is CCCCC/C=C\CC(O)/C=C/C=C\CC(O)/C=C/C=C\CCC(=O)O. The van der Waals surface area contributed by atoms with Crippen LogP contribution in [0.1, 0.15) is 58.3 Å². The van der Waals surface area contributed by atoms with Gasteiger partial charge in [-0.2, -0.15) is 0 Å². The minimum Gasteiger partial charge on any atom is -0.481 e. The van der Waals surface area contributed by atoms with Gasteiger partial charge in [0.1, 0.15) is 0 Å². The Bertz CT molecular complexity index is 486. The molecule has 4 heteroatoms. The number of unbranched alkanes of at least 4 members (excludes halogenated alkanes) is 3. The van der Waals surface area contributed by atoms with Gasteiger partial charge < -0.3 is 15.3 Å². The fraction of sp³-hybridized carbons (Fsp3) is 0.500. The van der Waals surface area contributed by atoms with Gasteiger partial charge >= 0.3 is 5.97 Å². The summed E-state index contributed by atoms with van der Waals surface area (Å²) in [4.78, 5) is 10.3. The summed E-state index contributed by atoms with van der Waals surface area (Å²) in [6.45, 7) is 2.18. The fourth-order valence-corrected chi connectivity index (χ4v) is 2.09. The quantitative estimate of drug-likeness (QED) is 0.224. The Labute approximate surface area is 157 Å². The molecule has 0 aromatic carbocycles. The molecule has 0 aromatic rings. The third-order valence-electron chi connectivity index (χ3n) is 3.58. The van der Waals surface area contributed by atoms with Crippen LogP contribution in [-0.2, 0) is 4.79 Å². The number of aliphatic hydroxyl groups is 2. The van der Waals surface area contributed by atoms with E-state index in [4.69, 9.17) is 5.11 Å². The number of carboxylic acids is 1. The van der Waals surface area contributed by atoms with Gasteiger partial charge in [-0.1, -0.05) is 80.5 Å². The molecule has 0 saturated carbocycles. The Hall–Kier alpha value is -1.91. The second kappa shape index (κ2) is 17.9. The van der Waals surface area contributed by atoms with Crippen LogP contribution in [0, 0.1) is 0 Å². The molecule has 0 bridgehead atoms. The molecular formula is C22H34O4. The number of allylic oxidation sites excluding steroid dienone is 6. The Morgan fingerprint density at radius 3 is 2.04 bits per heavy atom. The molecular weight excluding hydrogens is 328 g/mol. The molecule has 2 unspecified atom stereocenters. The zero-order valence-corrected chi connectivity index (χ0v) is 15.8. The maximum Gasteiger partial charge on any atom is 0.303 e. The Morgan fingerprint density at radius 1 is 0.808 bits per heavy atom. The van der Waals surface area contributed by atoms with E-state index >= 15 is 0 Å². The van der Waals surface area contributed by atoms with Crippen molar-refractivity contribution >= 4 is 5.97 Å². The summed E-state index contributed by atoms with van der Waals surface area (Å²) in [5.74, 6) is -0.815. The molecule has 0 saturated heterocycles. The van der Waals surface area contributed by atoms with Crippen LogP contribution in [0.3, 0.4) is 0 Å². The predicted octanol–water partition coefficient (Wildman–Crippen LogP) is 4.71. The number of carboxylic acid groups (broad SMARTS) is 1. The maximum absolute atomic E-state index is 10.3. The summed E-state index contributed by atoms with van der Waals surface area (Å²) in [5, 5.41) is 28.1. The van der Waals surface area contributed by atoms with Crippen LogP contribution in [0.4, 0.5) is 0 Å². The fourth-order valence-electron chi connectivity index (χ4n) is 2.09. The number of hydrogen-bond acceptors (Lipinski definition) is 3. The molecule has 0 radical (unpaired) electrons. The number of aliphatic hydroxyl groups excluding tert-OH is 2. The zero-order chi connectivity index (χ0) is 19.5. The number of carbonyl (C=O) groups is 1. The highest BCUT2D eigenvalue weighted by atomic mass is 16.4. The monoisotopic (exact) mass is 362 g/mol. The Morgan fingerprint density at radius 2 is 1.42 bits per heavy atom. The number of hydrogen-bond donors (Lipinski definition) is 3. The molecule has 26 heavy (non-hydrogen) atoms. The predicted molar refractivity (Wildman–Crippen MR) is 108 cm³/mol. The number of aliphatic carboxylic acids is 1. The average Bonchev–Trinajstić information content (AvgIpc) is 2.60. The first-order valence-corrected chi connectivity index (χ1v) is 9.45. The van der Waals surface area contributed by atoms with E-state index in [-0.39, 0.29) is 6.42 Å². The number of rotatable bonds is 15. The lowest BCUT2D eigenvalue weighted by Crippen LogP contribution is -1.99. The third kappa shape index (κ3) is 18.4. The van der Waals surface area contributed by atoms with Crippen LogP contribution in [-0.4, -0.2) is 33.5 Å². The van der Waals surface area contributed by atoms with Gasteiger partial charge in [-0.15, -0.1) is 0 Å². The van der Waals surface area contributed by atoms with Crippen molar-refractivity contribution in [3.05, 3.63) is 60.8 Å². The van der Waals surface area contributed by atoms with Crippen molar-refractivity contribution in [1.29, 1.82) is 0 Å². The summed E-state index contributed by atoms with van der Waals surface area (Å²) in [6.07, 6.45) is 23.6. The summed E-state index contributed by atoms with van der Waals surface area (Å²) >= 11 is 0. The van der Waals surface area contributed by atoms with Crippen LogP contribution >= 0.6 is 0 Å². The topological polar surface area (TPSA) is 77.8 Å². The maximum atomic E-state index is 10.3. The van der Waals surface area contributed by atoms with E-state index in [0.29, 0.717) is 19.3 Å². The lowest BCUT2D eigenvalue weighted by atomic mass is 10.1. The highest BCUT2D eigenvalue weighted by Gasteiger charge is 1.95. The Balaban J connectivity index is 3.85. The first kappa shape index (κ1) is 24.1. The Kier molecular flexibility index (Phi) is 16.6. The normalized spacial score (nSPS) is 15.2. The first-order chi connectivity index (χ1) is 12.6. The van der Waals surface area contributed by atoms with Gasteiger partial charge in [-0.25, -0.2) is 0 Å². The van der Waals surface area contributed by atoms with Gasteiger partial charge in [0.2, 0.25) is 0 Å². The summed E-state index contributed by atoms with van der Waals surface area (Å²) in [6, 6.07) is 0. The van der Waals surface area contributed by atoms with Crippen molar-refractivity contribution < 1.29 is 20.1 Å². The van der Waals surface area contributed by atoms with Crippen LogP contribution in [0.2, 0.25) is 0 Å². The van der Waals surface area contributed by atoms with Crippen molar-refractivity contribution in [1.82, 2.24) is 0 Å². The van der Waals surface area contributed by atoms with Crippen molar-refractivity contribution in [3.8, 4) is 0 Å². The second-order valence-electron chi connectivity index (χ2n) is 6.13. The van der Waals surface area contributed by atoms with Crippen molar-refractivity contribution in [2.45, 2.75) is 70.5 Å². The van der Waals surface area contributed by atoms with Gasteiger partial charge in [0.25, 0.3) is 0 Å². The molecule has 2 atom stereocenters. The van der Waals surface area contributed by atoms with E-state index in [9.17, 15) is 15.0 Å². The van der Waals surface area contributed by atoms with E-state index in [1.54, 1.807) is 36.5 Å². The molecule has 0 heterocycles. The molecule has 146 valence electrons. The molecule has 0 spiro atoms. The van der Waals surface area contributed by atoms with E-state index in [1.165, 1.54) is 19.3 Å². The molecule has 0 aliphatic carbocycles.